The zero-order valence-corrected chi connectivity index (χ0v) is 13.9. The van der Waals surface area contributed by atoms with Gasteiger partial charge in [-0.05, 0) is 37.1 Å². The van der Waals surface area contributed by atoms with Crippen LogP contribution in [-0.4, -0.2) is 41.0 Å². The third-order valence-corrected chi connectivity index (χ3v) is 4.43. The van der Waals surface area contributed by atoms with Gasteiger partial charge in [0.15, 0.2) is 0 Å². The molecule has 1 fully saturated rings. The second kappa shape index (κ2) is 6.29. The van der Waals surface area contributed by atoms with E-state index < -0.39 is 6.50 Å². The Balaban J connectivity index is 1.61. The van der Waals surface area contributed by atoms with E-state index in [0.717, 1.165) is 0 Å². The average Bonchev–Trinajstić information content (AvgIpc) is 3.17. The number of benzene rings is 2. The molecule has 0 radical (unpaired) electrons. The van der Waals surface area contributed by atoms with Crippen LogP contribution in [0.2, 0.25) is 0 Å². The van der Waals surface area contributed by atoms with Gasteiger partial charge in [0.05, 0.1) is 25.8 Å². The van der Waals surface area contributed by atoms with E-state index in [1.807, 2.05) is 6.07 Å². The summed E-state index contributed by atoms with van der Waals surface area (Å²) in [4.78, 5) is 11.0. The summed E-state index contributed by atoms with van der Waals surface area (Å²) in [6.07, 6.45) is 0. The van der Waals surface area contributed by atoms with Gasteiger partial charge in [-0.15, -0.1) is 0 Å². The Morgan fingerprint density at radius 3 is 2.58 bits per heavy atom. The number of fused-ring (bicyclic) bond motifs is 1. The van der Waals surface area contributed by atoms with E-state index in [-0.39, 0.29) is 41.0 Å². The molecule has 0 saturated carbocycles. The molecule has 1 aliphatic heterocycles. The fourth-order valence-electron chi connectivity index (χ4n) is 3.29. The van der Waals surface area contributed by atoms with E-state index in [1.165, 1.54) is 16.8 Å². The van der Waals surface area contributed by atoms with Crippen molar-refractivity contribution in [2.45, 2.75) is 20.3 Å². The molecule has 1 N–H and O–H groups in total. The molecule has 0 bridgehead atoms. The first-order chi connectivity index (χ1) is 14.1. The first-order valence-corrected chi connectivity index (χ1v) is 8.15. The van der Waals surface area contributed by atoms with Gasteiger partial charge in [0, 0.05) is 31.9 Å². The molecule has 1 saturated heterocycles. The van der Waals surface area contributed by atoms with Crippen molar-refractivity contribution in [3.8, 4) is 0 Å². The zero-order valence-electron chi connectivity index (χ0n) is 19.9. The molecule has 124 valence electrons. The van der Waals surface area contributed by atoms with Gasteiger partial charge in [0.2, 0.25) is 0 Å². The van der Waals surface area contributed by atoms with Gasteiger partial charge in [0.1, 0.15) is 5.82 Å². The molecule has 0 unspecified atom stereocenters. The van der Waals surface area contributed by atoms with Gasteiger partial charge in [-0.2, -0.15) is 0 Å². The van der Waals surface area contributed by atoms with Crippen molar-refractivity contribution < 1.29 is 8.22 Å². The Morgan fingerprint density at radius 1 is 1.12 bits per heavy atom. The Morgan fingerprint density at radius 2 is 1.83 bits per heavy atom. The summed E-state index contributed by atoms with van der Waals surface area (Å²) in [5, 5.41) is 0. The largest absolute Gasteiger partial charge is 0.369 e. The number of aromatic nitrogens is 2. The van der Waals surface area contributed by atoms with Crippen LogP contribution in [0.5, 0.6) is 0 Å². The van der Waals surface area contributed by atoms with Crippen LogP contribution >= 0.6 is 0 Å². The molecule has 4 rings (SSSR count). The monoisotopic (exact) mass is 326 g/mol. The average molecular weight is 326 g/mol. The maximum Gasteiger partial charge on any atom is 0.121 e. The van der Waals surface area contributed by atoms with Crippen molar-refractivity contribution >= 4 is 16.7 Å². The highest BCUT2D eigenvalue weighted by Crippen LogP contribution is 2.25. The van der Waals surface area contributed by atoms with Gasteiger partial charge in [-0.3, -0.25) is 4.90 Å². The molecule has 2 aromatic carbocycles. The number of rotatable bonds is 3. The smallest absolute Gasteiger partial charge is 0.121 e. The highest BCUT2D eigenvalue weighted by Gasteiger charge is 2.20. The molecule has 3 aromatic rings. The number of nitrogens with zero attached hydrogens (tertiary/aromatic N) is 3. The van der Waals surface area contributed by atoms with Crippen molar-refractivity contribution in [2.24, 2.45) is 0 Å². The van der Waals surface area contributed by atoms with Crippen LogP contribution in [0.4, 0.5) is 5.69 Å². The molecule has 24 heavy (non-hydrogen) atoms. The Bertz CT molecular complexity index is 1050. The number of H-pyrrole nitrogens is 1. The fourth-order valence-corrected chi connectivity index (χ4v) is 3.29. The molecule has 0 aliphatic carbocycles. The Labute approximate surface area is 151 Å². The molecule has 0 amide bonds. The second-order valence-electron chi connectivity index (χ2n) is 6.14. The van der Waals surface area contributed by atoms with E-state index in [2.05, 4.69) is 40.8 Å². The molecule has 4 heteroatoms. The molecule has 2 heterocycles. The minimum Gasteiger partial charge on any atom is -0.369 e. The van der Waals surface area contributed by atoms with Crippen molar-refractivity contribution in [2.75, 3.05) is 31.1 Å². The van der Waals surface area contributed by atoms with Crippen LogP contribution in [0.1, 0.15) is 25.2 Å². The van der Waals surface area contributed by atoms with E-state index >= 15 is 0 Å². The van der Waals surface area contributed by atoms with Crippen LogP contribution in [0.3, 0.4) is 0 Å². The van der Waals surface area contributed by atoms with Crippen LogP contribution < -0.4 is 4.90 Å². The van der Waals surface area contributed by atoms with Crippen molar-refractivity contribution in [1.29, 1.82) is 0 Å². The van der Waals surface area contributed by atoms with E-state index in [9.17, 15) is 0 Å². The third-order valence-electron chi connectivity index (χ3n) is 4.43. The SMILES string of the molecule is [2H]c1c([2H])c([2H])c2[nH]c(C([2H])([2H])N3CCN(c4c(C)cccc4C)CC3)nc2c1[2H]. The van der Waals surface area contributed by atoms with Gasteiger partial charge in [-0.25, -0.2) is 4.98 Å². The Kier molecular flexibility index (Phi) is 2.58. The first kappa shape index (κ1) is 9.84. The van der Waals surface area contributed by atoms with Crippen molar-refractivity contribution in [3.05, 3.63) is 59.3 Å². The van der Waals surface area contributed by atoms with E-state index in [4.69, 9.17) is 8.22 Å². The summed E-state index contributed by atoms with van der Waals surface area (Å²) in [6, 6.07) is 4.99. The second-order valence-corrected chi connectivity index (χ2v) is 6.14. The minimum atomic E-state index is -1.92. The quantitative estimate of drug-likeness (QED) is 0.800. The summed E-state index contributed by atoms with van der Waals surface area (Å²) in [6.45, 7) is 4.58. The number of aromatic amines is 1. The molecule has 1 aromatic heterocycles. The summed E-state index contributed by atoms with van der Waals surface area (Å²) in [7, 11) is 0. The number of piperazine rings is 1. The van der Waals surface area contributed by atoms with Gasteiger partial charge in [-0.1, -0.05) is 30.3 Å². The van der Waals surface area contributed by atoms with Gasteiger partial charge < -0.3 is 9.88 Å². The predicted molar refractivity (Wildman–Crippen MR) is 99.5 cm³/mol. The zero-order chi connectivity index (χ0) is 21.8. The number of para-hydroxylation sites is 3. The molecular weight excluding hydrogens is 296 g/mol. The highest BCUT2D eigenvalue weighted by molar-refractivity contribution is 5.74. The summed E-state index contributed by atoms with van der Waals surface area (Å²) >= 11 is 0. The van der Waals surface area contributed by atoms with Crippen LogP contribution in [0.15, 0.2) is 42.4 Å². The molecule has 0 spiro atoms. The number of aryl methyl sites for hydroxylation is 2. The summed E-state index contributed by atoms with van der Waals surface area (Å²) in [5.41, 5.74) is 3.80. The maximum atomic E-state index is 8.66. The lowest BCUT2D eigenvalue weighted by molar-refractivity contribution is 0.245. The number of hydrogen-bond acceptors (Lipinski definition) is 3. The molecule has 0 atom stereocenters. The fraction of sp³-hybridized carbons (Fsp3) is 0.350. The predicted octanol–water partition coefficient (Wildman–Crippen LogP) is 3.50. The minimum absolute atomic E-state index is 0.00465. The summed E-state index contributed by atoms with van der Waals surface area (Å²) < 4.78 is 49.0. The topological polar surface area (TPSA) is 35.2 Å². The number of anilines is 1. The van der Waals surface area contributed by atoms with Gasteiger partial charge in [0.25, 0.3) is 0 Å². The molecule has 4 nitrogen and oxygen atoms in total. The number of imidazole rings is 1. The number of nitrogens with one attached hydrogen (secondary N) is 1. The normalized spacial score (nSPS) is 20.2. The van der Waals surface area contributed by atoms with Crippen molar-refractivity contribution in [1.82, 2.24) is 14.9 Å². The Hall–Kier alpha value is -2.33. The standard InChI is InChI=1S/C20H24N4/c1-15-6-5-7-16(2)20(15)24-12-10-23(11-13-24)14-19-21-17-8-3-4-9-18(17)22-19/h3-9H,10-14H2,1-2H3,(H,21,22)/i3D,4D,8D,9D,14D2. The lowest BCUT2D eigenvalue weighted by Crippen LogP contribution is -2.46. The highest BCUT2D eigenvalue weighted by atomic mass is 15.3. The first-order valence-electron chi connectivity index (χ1n) is 11.2. The lowest BCUT2D eigenvalue weighted by atomic mass is 10.1. The van der Waals surface area contributed by atoms with Crippen LogP contribution in [0, 0.1) is 13.8 Å². The third kappa shape index (κ3) is 2.89. The van der Waals surface area contributed by atoms with E-state index in [0.29, 0.717) is 26.2 Å². The van der Waals surface area contributed by atoms with Crippen LogP contribution in [0.25, 0.3) is 11.0 Å². The molecular formula is C20H24N4. The van der Waals surface area contributed by atoms with Crippen LogP contribution in [-0.2, 0) is 6.50 Å². The van der Waals surface area contributed by atoms with E-state index in [1.54, 1.807) is 4.90 Å². The molecule has 1 aliphatic rings. The van der Waals surface area contributed by atoms with Crippen molar-refractivity contribution in [3.63, 3.8) is 0 Å². The maximum absolute atomic E-state index is 8.66. The number of hydrogen-bond donors (Lipinski definition) is 1. The lowest BCUT2D eigenvalue weighted by Gasteiger charge is -2.37. The summed E-state index contributed by atoms with van der Waals surface area (Å²) in [5.74, 6) is 0.00465. The van der Waals surface area contributed by atoms with Gasteiger partial charge >= 0.3 is 0 Å².